The molecule has 1 aliphatic heterocycles. The van der Waals surface area contributed by atoms with E-state index in [9.17, 15) is 8.42 Å². The third kappa shape index (κ3) is 3.84. The molecule has 0 N–H and O–H groups in total. The Hall–Kier alpha value is -2.74. The van der Waals surface area contributed by atoms with Crippen molar-refractivity contribution in [2.24, 2.45) is 0 Å². The summed E-state index contributed by atoms with van der Waals surface area (Å²) in [5, 5.41) is 6.30. The van der Waals surface area contributed by atoms with Gasteiger partial charge in [0, 0.05) is 29.1 Å². The number of hydrogen-bond donors (Lipinski definition) is 0. The Balaban J connectivity index is 1.43. The predicted molar refractivity (Wildman–Crippen MR) is 119 cm³/mol. The number of fused-ring (bicyclic) bond motifs is 1. The number of halogens is 1. The molecule has 1 aliphatic rings. The maximum absolute atomic E-state index is 13.5. The van der Waals surface area contributed by atoms with Crippen molar-refractivity contribution in [2.45, 2.75) is 23.7 Å². The molecule has 1 atom stereocenters. The maximum atomic E-state index is 13.5. The molecule has 1 fully saturated rings. The minimum Gasteiger partial charge on any atom is -0.339 e. The average molecular weight is 454 g/mol. The van der Waals surface area contributed by atoms with Gasteiger partial charge in [-0.05, 0) is 36.4 Å². The smallest absolute Gasteiger partial charge is 0.243 e. The summed E-state index contributed by atoms with van der Waals surface area (Å²) in [4.78, 5) is 4.86. The second-order valence-electron chi connectivity index (χ2n) is 7.65. The van der Waals surface area contributed by atoms with Crippen LogP contribution in [0.5, 0.6) is 0 Å². The lowest BCUT2D eigenvalue weighted by Crippen LogP contribution is -2.39. The van der Waals surface area contributed by atoms with Crippen LogP contribution in [0.1, 0.15) is 24.7 Å². The van der Waals surface area contributed by atoms with Crippen LogP contribution in [0.25, 0.3) is 22.2 Å². The first kappa shape index (κ1) is 20.2. The van der Waals surface area contributed by atoms with Crippen LogP contribution >= 0.6 is 11.6 Å². The van der Waals surface area contributed by atoms with Crippen LogP contribution in [0.3, 0.4) is 0 Å². The number of piperidine rings is 1. The van der Waals surface area contributed by atoms with E-state index in [0.29, 0.717) is 34.7 Å². The zero-order valence-corrected chi connectivity index (χ0v) is 18.2. The predicted octanol–water partition coefficient (Wildman–Crippen LogP) is 5.11. The van der Waals surface area contributed by atoms with Crippen molar-refractivity contribution in [3.8, 4) is 11.4 Å². The molecule has 158 valence electrons. The summed E-state index contributed by atoms with van der Waals surface area (Å²) in [5.74, 6) is 0.748. The van der Waals surface area contributed by atoms with Crippen molar-refractivity contribution < 1.29 is 12.9 Å². The quantitative estimate of drug-likeness (QED) is 0.429. The Morgan fingerprint density at radius 3 is 2.71 bits per heavy atom. The number of nitrogens with zero attached hydrogens (tertiary/aromatic N) is 3. The topological polar surface area (TPSA) is 76.3 Å². The van der Waals surface area contributed by atoms with Gasteiger partial charge >= 0.3 is 0 Å². The van der Waals surface area contributed by atoms with Gasteiger partial charge in [-0.1, -0.05) is 65.3 Å². The van der Waals surface area contributed by atoms with Crippen LogP contribution in [0, 0.1) is 0 Å². The lowest BCUT2D eigenvalue weighted by Gasteiger charge is -2.30. The highest BCUT2D eigenvalue weighted by Gasteiger charge is 2.34. The highest BCUT2D eigenvalue weighted by atomic mass is 35.5. The first-order valence-corrected chi connectivity index (χ1v) is 11.9. The zero-order valence-electron chi connectivity index (χ0n) is 16.6. The summed E-state index contributed by atoms with van der Waals surface area (Å²) in [6.45, 7) is 0.778. The molecule has 2 heterocycles. The molecule has 1 aromatic heterocycles. The molecule has 31 heavy (non-hydrogen) atoms. The number of sulfonamides is 1. The number of hydrogen-bond acceptors (Lipinski definition) is 5. The molecule has 4 aromatic rings. The molecule has 0 radical (unpaired) electrons. The third-order valence-electron chi connectivity index (χ3n) is 5.63. The van der Waals surface area contributed by atoms with Crippen LogP contribution < -0.4 is 0 Å². The van der Waals surface area contributed by atoms with E-state index in [1.807, 2.05) is 42.5 Å². The third-order valence-corrected chi connectivity index (χ3v) is 7.78. The highest BCUT2D eigenvalue weighted by molar-refractivity contribution is 7.89. The van der Waals surface area contributed by atoms with Gasteiger partial charge in [0.15, 0.2) is 0 Å². The summed E-state index contributed by atoms with van der Waals surface area (Å²) in [7, 11) is -3.65. The molecule has 1 saturated heterocycles. The largest absolute Gasteiger partial charge is 0.339 e. The molecule has 6 nitrogen and oxygen atoms in total. The fourth-order valence-electron chi connectivity index (χ4n) is 4.07. The van der Waals surface area contributed by atoms with Gasteiger partial charge < -0.3 is 4.52 Å². The number of benzene rings is 3. The van der Waals surface area contributed by atoms with Gasteiger partial charge in [0.1, 0.15) is 0 Å². The van der Waals surface area contributed by atoms with Crippen LogP contribution in [0.4, 0.5) is 0 Å². The Morgan fingerprint density at radius 1 is 1.03 bits per heavy atom. The van der Waals surface area contributed by atoms with Gasteiger partial charge in [-0.2, -0.15) is 9.29 Å². The van der Waals surface area contributed by atoms with Crippen LogP contribution in [0.2, 0.25) is 5.02 Å². The van der Waals surface area contributed by atoms with Crippen molar-refractivity contribution in [2.75, 3.05) is 13.1 Å². The summed E-state index contributed by atoms with van der Waals surface area (Å²) < 4.78 is 34.0. The Labute approximate surface area is 185 Å². The molecule has 3 aromatic carbocycles. The second-order valence-corrected chi connectivity index (χ2v) is 9.99. The maximum Gasteiger partial charge on any atom is 0.243 e. The fraction of sp³-hybridized carbons (Fsp3) is 0.217. The van der Waals surface area contributed by atoms with Crippen molar-refractivity contribution in [3.63, 3.8) is 0 Å². The monoisotopic (exact) mass is 453 g/mol. The van der Waals surface area contributed by atoms with E-state index >= 15 is 0 Å². The molecule has 5 rings (SSSR count). The summed E-state index contributed by atoms with van der Waals surface area (Å²) >= 11 is 6.06. The molecule has 0 bridgehead atoms. The van der Waals surface area contributed by atoms with Crippen molar-refractivity contribution in [3.05, 3.63) is 77.6 Å². The molecule has 0 spiro atoms. The van der Waals surface area contributed by atoms with Crippen molar-refractivity contribution in [1.82, 2.24) is 14.4 Å². The Morgan fingerprint density at radius 2 is 1.84 bits per heavy atom. The highest BCUT2D eigenvalue weighted by Crippen LogP contribution is 2.33. The van der Waals surface area contributed by atoms with Gasteiger partial charge in [-0.15, -0.1) is 0 Å². The molecule has 8 heteroatoms. The lowest BCUT2D eigenvalue weighted by molar-refractivity contribution is 0.266. The SMILES string of the molecule is O=S(=O)(c1cccc2ccccc12)N1CCCC(c2nc(-c3cccc(Cl)c3)no2)C1. The normalized spacial score (nSPS) is 17.8. The first-order chi connectivity index (χ1) is 15.0. The molecular formula is C23H20ClN3O3S. The Kier molecular flexibility index (Phi) is 5.25. The molecule has 0 saturated carbocycles. The van der Waals surface area contributed by atoms with Crippen LogP contribution in [-0.2, 0) is 10.0 Å². The van der Waals surface area contributed by atoms with Gasteiger partial charge in [0.2, 0.25) is 21.7 Å². The minimum absolute atomic E-state index is 0.154. The molecule has 0 amide bonds. The van der Waals surface area contributed by atoms with E-state index < -0.39 is 10.0 Å². The molecular weight excluding hydrogens is 434 g/mol. The minimum atomic E-state index is -3.65. The number of rotatable bonds is 4. The Bertz CT molecular complexity index is 1350. The summed E-state index contributed by atoms with van der Waals surface area (Å²) in [5.41, 5.74) is 0.763. The van der Waals surface area contributed by atoms with E-state index in [4.69, 9.17) is 16.1 Å². The molecule has 1 unspecified atom stereocenters. The van der Waals surface area contributed by atoms with Crippen LogP contribution in [0.15, 0.2) is 76.1 Å². The van der Waals surface area contributed by atoms with E-state index in [1.165, 1.54) is 4.31 Å². The summed E-state index contributed by atoms with van der Waals surface area (Å²) in [6.07, 6.45) is 1.52. The first-order valence-electron chi connectivity index (χ1n) is 10.1. The standard InChI is InChI=1S/C23H20ClN3O3S/c24-19-10-3-8-17(14-19)22-25-23(30-26-22)18-9-5-13-27(15-18)31(28,29)21-12-4-7-16-6-1-2-11-20(16)21/h1-4,6-8,10-12,14,18H,5,9,13,15H2. The average Bonchev–Trinajstić information content (AvgIpc) is 3.29. The van der Waals surface area contributed by atoms with Gasteiger partial charge in [-0.25, -0.2) is 8.42 Å². The van der Waals surface area contributed by atoms with E-state index in [0.717, 1.165) is 29.2 Å². The van der Waals surface area contributed by atoms with Crippen molar-refractivity contribution in [1.29, 1.82) is 0 Å². The van der Waals surface area contributed by atoms with Crippen molar-refractivity contribution >= 4 is 32.4 Å². The zero-order chi connectivity index (χ0) is 21.4. The van der Waals surface area contributed by atoms with E-state index in [-0.39, 0.29) is 5.92 Å². The lowest BCUT2D eigenvalue weighted by atomic mass is 10.00. The molecule has 0 aliphatic carbocycles. The van der Waals surface area contributed by atoms with Gasteiger partial charge in [0.25, 0.3) is 0 Å². The number of aromatic nitrogens is 2. The second kappa shape index (κ2) is 8.07. The van der Waals surface area contributed by atoms with E-state index in [1.54, 1.807) is 24.3 Å². The van der Waals surface area contributed by atoms with Crippen LogP contribution in [-0.4, -0.2) is 36.0 Å². The van der Waals surface area contributed by atoms with E-state index in [2.05, 4.69) is 10.1 Å². The van der Waals surface area contributed by atoms with Gasteiger partial charge in [-0.3, -0.25) is 0 Å². The summed E-state index contributed by atoms with van der Waals surface area (Å²) in [6, 6.07) is 20.1. The fourth-order valence-corrected chi connectivity index (χ4v) is 6.00. The van der Waals surface area contributed by atoms with Gasteiger partial charge in [0.05, 0.1) is 10.8 Å².